The van der Waals surface area contributed by atoms with Crippen molar-refractivity contribution in [2.45, 2.75) is 32.5 Å². The van der Waals surface area contributed by atoms with Crippen LogP contribution in [0, 0.1) is 0 Å². The first kappa shape index (κ1) is 19.6. The van der Waals surface area contributed by atoms with E-state index in [2.05, 4.69) is 10.3 Å². The number of methoxy groups -OCH3 is 1. The summed E-state index contributed by atoms with van der Waals surface area (Å²) in [6, 6.07) is 16.7. The Bertz CT molecular complexity index is 889. The summed E-state index contributed by atoms with van der Waals surface area (Å²) in [4.78, 5) is 31.6. The summed E-state index contributed by atoms with van der Waals surface area (Å²) in [7, 11) is 1.61. The average molecular weight is 379 g/mol. The molecular weight excluding hydrogens is 354 g/mol. The van der Waals surface area contributed by atoms with Crippen molar-refractivity contribution in [2.75, 3.05) is 13.7 Å². The molecule has 0 bridgehead atoms. The Morgan fingerprint density at radius 1 is 1.14 bits per heavy atom. The SMILES string of the molecule is COc1ccc([C@H](C)NC(=O)CN2C(=O)C(c3ccccc3)=NC2(C)C)cc1. The van der Waals surface area contributed by atoms with E-state index >= 15 is 0 Å². The normalized spacial score (nSPS) is 16.5. The second kappa shape index (κ2) is 7.84. The Morgan fingerprint density at radius 3 is 2.39 bits per heavy atom. The van der Waals surface area contributed by atoms with Crippen LogP contribution < -0.4 is 10.1 Å². The van der Waals surface area contributed by atoms with Crippen molar-refractivity contribution in [3.63, 3.8) is 0 Å². The van der Waals surface area contributed by atoms with E-state index in [1.807, 2.05) is 75.4 Å². The number of nitrogens with zero attached hydrogens (tertiary/aromatic N) is 2. The van der Waals surface area contributed by atoms with Crippen LogP contribution in [0.1, 0.15) is 37.9 Å². The van der Waals surface area contributed by atoms with Crippen LogP contribution in [0.5, 0.6) is 5.75 Å². The first-order valence-corrected chi connectivity index (χ1v) is 9.22. The summed E-state index contributed by atoms with van der Waals surface area (Å²) in [5.74, 6) is 0.301. The summed E-state index contributed by atoms with van der Waals surface area (Å²) < 4.78 is 5.16. The standard InChI is InChI=1S/C22H25N3O3/c1-15(16-10-12-18(28-4)13-11-16)23-19(26)14-25-21(27)20(24-22(25,2)3)17-8-6-5-7-9-17/h5-13,15H,14H2,1-4H3,(H,23,26)/t15-/m0/s1. The maximum absolute atomic E-state index is 12.9. The molecule has 1 atom stereocenters. The molecule has 0 aromatic heterocycles. The van der Waals surface area contributed by atoms with Gasteiger partial charge in [0.05, 0.1) is 13.2 Å². The van der Waals surface area contributed by atoms with Crippen LogP contribution in [-0.2, 0) is 9.59 Å². The van der Waals surface area contributed by atoms with E-state index in [9.17, 15) is 9.59 Å². The van der Waals surface area contributed by atoms with Crippen molar-refractivity contribution in [1.82, 2.24) is 10.2 Å². The second-order valence-electron chi connectivity index (χ2n) is 7.27. The van der Waals surface area contributed by atoms with Gasteiger partial charge >= 0.3 is 0 Å². The summed E-state index contributed by atoms with van der Waals surface area (Å²) in [5.41, 5.74) is 1.34. The minimum absolute atomic E-state index is 0.0494. The molecule has 1 aliphatic rings. The molecule has 3 rings (SSSR count). The predicted octanol–water partition coefficient (Wildman–Crippen LogP) is 2.94. The van der Waals surface area contributed by atoms with E-state index in [0.29, 0.717) is 5.71 Å². The summed E-state index contributed by atoms with van der Waals surface area (Å²) in [6.45, 7) is 5.52. The molecule has 0 fully saturated rings. The average Bonchev–Trinajstić information content (AvgIpc) is 2.92. The molecule has 146 valence electrons. The highest BCUT2D eigenvalue weighted by Gasteiger charge is 2.41. The zero-order chi connectivity index (χ0) is 20.3. The number of carbonyl (C=O) groups is 2. The van der Waals surface area contributed by atoms with Crippen molar-refractivity contribution < 1.29 is 14.3 Å². The quantitative estimate of drug-likeness (QED) is 0.839. The molecule has 0 saturated carbocycles. The minimum Gasteiger partial charge on any atom is -0.497 e. The van der Waals surface area contributed by atoms with Crippen molar-refractivity contribution in [3.05, 3.63) is 65.7 Å². The van der Waals surface area contributed by atoms with Crippen LogP contribution in [0.4, 0.5) is 0 Å². The van der Waals surface area contributed by atoms with Crippen molar-refractivity contribution in [1.29, 1.82) is 0 Å². The van der Waals surface area contributed by atoms with E-state index in [1.165, 1.54) is 4.90 Å². The lowest BCUT2D eigenvalue weighted by molar-refractivity contribution is -0.134. The van der Waals surface area contributed by atoms with E-state index < -0.39 is 5.66 Å². The first-order valence-electron chi connectivity index (χ1n) is 9.22. The number of amides is 2. The number of aliphatic imine (C=N–C) groups is 1. The molecule has 2 aromatic rings. The predicted molar refractivity (Wildman–Crippen MR) is 108 cm³/mol. The van der Waals surface area contributed by atoms with Gasteiger partial charge in [0.25, 0.3) is 5.91 Å². The molecule has 1 aliphatic heterocycles. The van der Waals surface area contributed by atoms with Gasteiger partial charge in [0.15, 0.2) is 0 Å². The number of nitrogens with one attached hydrogen (secondary N) is 1. The maximum atomic E-state index is 12.9. The summed E-state index contributed by atoms with van der Waals surface area (Å²) >= 11 is 0. The van der Waals surface area contributed by atoms with Gasteiger partial charge in [-0.05, 0) is 38.5 Å². The third-order valence-corrected chi connectivity index (χ3v) is 4.84. The molecule has 6 nitrogen and oxygen atoms in total. The van der Waals surface area contributed by atoms with Gasteiger partial charge in [0.1, 0.15) is 23.7 Å². The van der Waals surface area contributed by atoms with Gasteiger partial charge in [-0.15, -0.1) is 0 Å². The zero-order valence-electron chi connectivity index (χ0n) is 16.6. The van der Waals surface area contributed by atoms with Crippen LogP contribution in [0.25, 0.3) is 0 Å². The van der Waals surface area contributed by atoms with E-state index in [1.54, 1.807) is 7.11 Å². The summed E-state index contributed by atoms with van der Waals surface area (Å²) in [5, 5.41) is 2.95. The molecule has 0 aliphatic carbocycles. The number of rotatable bonds is 6. The van der Waals surface area contributed by atoms with Gasteiger partial charge < -0.3 is 15.0 Å². The fourth-order valence-corrected chi connectivity index (χ4v) is 3.21. The molecule has 28 heavy (non-hydrogen) atoms. The van der Waals surface area contributed by atoms with Gasteiger partial charge in [-0.2, -0.15) is 0 Å². The Balaban J connectivity index is 1.67. The Labute approximate surface area is 165 Å². The molecule has 0 saturated heterocycles. The molecule has 2 aromatic carbocycles. The van der Waals surface area contributed by atoms with Crippen molar-refractivity contribution >= 4 is 17.5 Å². The van der Waals surface area contributed by atoms with Crippen LogP contribution in [0.2, 0.25) is 0 Å². The fourth-order valence-electron chi connectivity index (χ4n) is 3.21. The molecule has 1 N–H and O–H groups in total. The minimum atomic E-state index is -0.775. The number of benzene rings is 2. The summed E-state index contributed by atoms with van der Waals surface area (Å²) in [6.07, 6.45) is 0. The van der Waals surface area contributed by atoms with E-state index in [4.69, 9.17) is 4.74 Å². The molecule has 0 radical (unpaired) electrons. The number of hydrogen-bond acceptors (Lipinski definition) is 4. The van der Waals surface area contributed by atoms with Gasteiger partial charge in [-0.3, -0.25) is 14.6 Å². The van der Waals surface area contributed by atoms with Gasteiger partial charge in [0.2, 0.25) is 5.91 Å². The lowest BCUT2D eigenvalue weighted by atomic mass is 10.1. The topological polar surface area (TPSA) is 71.0 Å². The Morgan fingerprint density at radius 2 is 1.79 bits per heavy atom. The Kier molecular flexibility index (Phi) is 5.49. The third kappa shape index (κ3) is 4.06. The third-order valence-electron chi connectivity index (χ3n) is 4.84. The molecule has 6 heteroatoms. The van der Waals surface area contributed by atoms with Crippen LogP contribution in [0.3, 0.4) is 0 Å². The second-order valence-corrected chi connectivity index (χ2v) is 7.27. The highest BCUT2D eigenvalue weighted by Crippen LogP contribution is 2.26. The van der Waals surface area contributed by atoms with E-state index in [0.717, 1.165) is 16.9 Å². The lowest BCUT2D eigenvalue weighted by Crippen LogP contribution is -2.48. The monoisotopic (exact) mass is 379 g/mol. The maximum Gasteiger partial charge on any atom is 0.275 e. The highest BCUT2D eigenvalue weighted by molar-refractivity contribution is 6.46. The van der Waals surface area contributed by atoms with Crippen molar-refractivity contribution in [3.8, 4) is 5.75 Å². The number of ether oxygens (including phenoxy) is 1. The smallest absolute Gasteiger partial charge is 0.275 e. The fraction of sp³-hybridized carbons (Fsp3) is 0.318. The Hall–Kier alpha value is -3.15. The number of carbonyl (C=O) groups excluding carboxylic acids is 2. The number of hydrogen-bond donors (Lipinski definition) is 1. The molecule has 0 spiro atoms. The molecule has 0 unspecified atom stereocenters. The van der Waals surface area contributed by atoms with E-state index in [-0.39, 0.29) is 24.4 Å². The molecule has 2 amide bonds. The van der Waals surface area contributed by atoms with Crippen molar-refractivity contribution in [2.24, 2.45) is 4.99 Å². The van der Waals surface area contributed by atoms with Crippen LogP contribution in [-0.4, -0.2) is 41.7 Å². The van der Waals surface area contributed by atoms with Gasteiger partial charge in [-0.1, -0.05) is 42.5 Å². The van der Waals surface area contributed by atoms with Gasteiger partial charge in [0, 0.05) is 5.56 Å². The first-order chi connectivity index (χ1) is 13.3. The lowest BCUT2D eigenvalue weighted by Gasteiger charge is -2.29. The molecule has 1 heterocycles. The van der Waals surface area contributed by atoms with Crippen LogP contribution >= 0.6 is 0 Å². The van der Waals surface area contributed by atoms with Gasteiger partial charge in [-0.25, -0.2) is 0 Å². The highest BCUT2D eigenvalue weighted by atomic mass is 16.5. The molecular formula is C22H25N3O3. The largest absolute Gasteiger partial charge is 0.497 e. The zero-order valence-corrected chi connectivity index (χ0v) is 16.6. The van der Waals surface area contributed by atoms with Crippen LogP contribution in [0.15, 0.2) is 59.6 Å².